The number of methoxy groups -OCH3 is 1. The van der Waals surface area contributed by atoms with E-state index in [4.69, 9.17) is 9.47 Å². The molecule has 0 radical (unpaired) electrons. The molecule has 1 aromatic carbocycles. The molecule has 1 N–H and O–H groups in total. The highest BCUT2D eigenvalue weighted by molar-refractivity contribution is 8.00. The summed E-state index contributed by atoms with van der Waals surface area (Å²) in [5.74, 6) is 2.44. The van der Waals surface area contributed by atoms with E-state index in [1.807, 2.05) is 6.07 Å². The summed E-state index contributed by atoms with van der Waals surface area (Å²) < 4.78 is 54.0. The van der Waals surface area contributed by atoms with E-state index >= 15 is 0 Å². The molecule has 7 nitrogen and oxygen atoms in total. The highest BCUT2D eigenvalue weighted by Crippen LogP contribution is 2.40. The number of rotatable bonds is 2. The van der Waals surface area contributed by atoms with Crippen LogP contribution in [-0.2, 0) is 19.1 Å². The van der Waals surface area contributed by atoms with Crippen molar-refractivity contribution in [2.24, 2.45) is 0 Å². The second-order valence-corrected chi connectivity index (χ2v) is 8.87. The Morgan fingerprint density at radius 2 is 2.06 bits per heavy atom. The van der Waals surface area contributed by atoms with Crippen LogP contribution in [0.5, 0.6) is 11.6 Å². The number of hydrogen-bond donors (Lipinski definition) is 1. The van der Waals surface area contributed by atoms with Crippen molar-refractivity contribution in [3.8, 4) is 11.6 Å². The summed E-state index contributed by atoms with van der Waals surface area (Å²) in [5, 5.41) is 3.90. The SMILES string of the molecule is COc1nc2nc3nc(c2cc1N1CCCS1)NCc1cccc(C(F)(F)F)c1OCCC3. The predicted octanol–water partition coefficient (Wildman–Crippen LogP) is 4.85. The molecular formula is C22H22F3N5O2S. The van der Waals surface area contributed by atoms with E-state index in [0.717, 1.165) is 30.5 Å². The van der Waals surface area contributed by atoms with E-state index in [1.54, 1.807) is 25.1 Å². The van der Waals surface area contributed by atoms with Crippen molar-refractivity contribution in [1.29, 1.82) is 0 Å². The van der Waals surface area contributed by atoms with Gasteiger partial charge in [-0.15, -0.1) is 0 Å². The molecule has 0 aliphatic carbocycles. The van der Waals surface area contributed by atoms with Gasteiger partial charge in [0.15, 0.2) is 5.65 Å². The number of ether oxygens (including phenoxy) is 2. The van der Waals surface area contributed by atoms with Crippen LogP contribution in [-0.4, -0.2) is 41.0 Å². The normalized spacial score (nSPS) is 16.5. The fourth-order valence-electron chi connectivity index (χ4n) is 3.99. The standard InChI is InChI=1S/C22H22F3N5O2S/c1-31-21-16(30-8-4-10-33-30)11-14-19-26-12-13-5-2-6-15(22(23,24)25)18(13)32-9-3-7-17(27-19)28-20(14)29-21/h2,5-6,11H,3-4,7-10,12H2,1H3,(H,26,27,28,29). The lowest BCUT2D eigenvalue weighted by Crippen LogP contribution is -2.13. The first kappa shape index (κ1) is 21.9. The molecular weight excluding hydrogens is 455 g/mol. The third-order valence-electron chi connectivity index (χ3n) is 5.53. The summed E-state index contributed by atoms with van der Waals surface area (Å²) in [5.41, 5.74) is 0.955. The Kier molecular flexibility index (Phi) is 5.81. The molecule has 1 saturated heterocycles. The zero-order valence-corrected chi connectivity index (χ0v) is 18.7. The number of para-hydroxylation sites is 1. The topological polar surface area (TPSA) is 72.4 Å². The van der Waals surface area contributed by atoms with Gasteiger partial charge in [0.1, 0.15) is 23.1 Å². The largest absolute Gasteiger partial charge is 0.493 e. The monoisotopic (exact) mass is 477 g/mol. The van der Waals surface area contributed by atoms with Gasteiger partial charge in [0, 0.05) is 30.8 Å². The molecule has 33 heavy (non-hydrogen) atoms. The van der Waals surface area contributed by atoms with Crippen LogP contribution in [0, 0.1) is 0 Å². The van der Waals surface area contributed by atoms with Crippen LogP contribution in [0.15, 0.2) is 24.3 Å². The third kappa shape index (κ3) is 4.33. The maximum Gasteiger partial charge on any atom is 0.419 e. The van der Waals surface area contributed by atoms with Gasteiger partial charge in [-0.2, -0.15) is 18.2 Å². The van der Waals surface area contributed by atoms with E-state index in [-0.39, 0.29) is 18.9 Å². The fourth-order valence-corrected chi connectivity index (χ4v) is 4.99. The Morgan fingerprint density at radius 1 is 1.18 bits per heavy atom. The summed E-state index contributed by atoms with van der Waals surface area (Å²) in [6.07, 6.45) is -2.53. The Balaban J connectivity index is 1.59. The van der Waals surface area contributed by atoms with Crippen molar-refractivity contribution in [3.05, 3.63) is 41.2 Å². The molecule has 2 aromatic heterocycles. The molecule has 0 unspecified atom stereocenters. The molecule has 0 saturated carbocycles. The average Bonchev–Trinajstić information content (AvgIpc) is 3.32. The average molecular weight is 478 g/mol. The third-order valence-corrected chi connectivity index (χ3v) is 6.70. The lowest BCUT2D eigenvalue weighted by Gasteiger charge is -2.20. The Labute approximate surface area is 192 Å². The minimum absolute atomic E-state index is 0.116. The number of benzene rings is 1. The van der Waals surface area contributed by atoms with Gasteiger partial charge in [-0.25, -0.2) is 9.97 Å². The number of aromatic nitrogens is 3. The molecule has 5 rings (SSSR count). The second-order valence-electron chi connectivity index (χ2n) is 7.76. The maximum atomic E-state index is 13.6. The summed E-state index contributed by atoms with van der Waals surface area (Å²) in [6, 6.07) is 6.01. The molecule has 2 aliphatic heterocycles. The quantitative estimate of drug-likeness (QED) is 0.526. The number of anilines is 2. The Hall–Kier alpha value is -2.95. The first-order valence-corrected chi connectivity index (χ1v) is 11.6. The molecule has 174 valence electrons. The van der Waals surface area contributed by atoms with Gasteiger partial charge in [0.25, 0.3) is 0 Å². The number of alkyl halides is 3. The van der Waals surface area contributed by atoms with Crippen molar-refractivity contribution in [3.63, 3.8) is 0 Å². The number of pyridine rings is 1. The van der Waals surface area contributed by atoms with Gasteiger partial charge < -0.3 is 19.1 Å². The molecule has 1 fully saturated rings. The van der Waals surface area contributed by atoms with Gasteiger partial charge in [0.05, 0.1) is 24.7 Å². The second kappa shape index (κ2) is 8.77. The molecule has 0 atom stereocenters. The molecule has 4 heterocycles. The van der Waals surface area contributed by atoms with Gasteiger partial charge in [0.2, 0.25) is 5.88 Å². The summed E-state index contributed by atoms with van der Waals surface area (Å²) in [7, 11) is 1.58. The van der Waals surface area contributed by atoms with E-state index in [2.05, 4.69) is 24.6 Å². The van der Waals surface area contributed by atoms with Crippen molar-refractivity contribution in [2.75, 3.05) is 35.6 Å². The van der Waals surface area contributed by atoms with E-state index in [0.29, 0.717) is 47.0 Å². The summed E-state index contributed by atoms with van der Waals surface area (Å²) in [6.45, 7) is 1.12. The van der Waals surface area contributed by atoms with Crippen LogP contribution in [0.25, 0.3) is 11.0 Å². The fraction of sp³-hybridized carbons (Fsp3) is 0.409. The number of aryl methyl sites for hydroxylation is 1. The number of fused-ring (bicyclic) bond motifs is 5. The van der Waals surface area contributed by atoms with Gasteiger partial charge in [-0.3, -0.25) is 0 Å². The van der Waals surface area contributed by atoms with Crippen LogP contribution < -0.4 is 19.1 Å². The molecule has 3 aromatic rings. The minimum atomic E-state index is -4.50. The van der Waals surface area contributed by atoms with E-state index in [9.17, 15) is 13.2 Å². The Morgan fingerprint density at radius 3 is 2.82 bits per heavy atom. The molecule has 2 bridgehead atoms. The van der Waals surface area contributed by atoms with Crippen LogP contribution in [0.4, 0.5) is 24.7 Å². The highest BCUT2D eigenvalue weighted by Gasteiger charge is 2.35. The summed E-state index contributed by atoms with van der Waals surface area (Å²) >= 11 is 1.70. The summed E-state index contributed by atoms with van der Waals surface area (Å²) in [4.78, 5) is 13.9. The molecule has 11 heteroatoms. The first-order valence-electron chi connectivity index (χ1n) is 10.7. The van der Waals surface area contributed by atoms with Crippen LogP contribution in [0.1, 0.15) is 29.8 Å². The van der Waals surface area contributed by atoms with Gasteiger partial charge in [-0.05, 0) is 36.9 Å². The highest BCUT2D eigenvalue weighted by atomic mass is 32.2. The van der Waals surface area contributed by atoms with Crippen LogP contribution in [0.3, 0.4) is 0 Å². The van der Waals surface area contributed by atoms with Crippen LogP contribution in [0.2, 0.25) is 0 Å². The van der Waals surface area contributed by atoms with Crippen molar-refractivity contribution < 1.29 is 22.6 Å². The van der Waals surface area contributed by atoms with Crippen LogP contribution >= 0.6 is 11.9 Å². The molecule has 0 amide bonds. The van der Waals surface area contributed by atoms with Crippen molar-refractivity contribution in [2.45, 2.75) is 32.0 Å². The maximum absolute atomic E-state index is 13.6. The number of hydrogen-bond acceptors (Lipinski definition) is 8. The zero-order valence-electron chi connectivity index (χ0n) is 17.9. The number of nitrogens with zero attached hydrogens (tertiary/aromatic N) is 4. The predicted molar refractivity (Wildman–Crippen MR) is 121 cm³/mol. The van der Waals surface area contributed by atoms with Gasteiger partial charge >= 0.3 is 6.18 Å². The zero-order chi connectivity index (χ0) is 23.0. The Bertz CT molecular complexity index is 1180. The van der Waals surface area contributed by atoms with E-state index < -0.39 is 11.7 Å². The lowest BCUT2D eigenvalue weighted by molar-refractivity contribution is -0.139. The lowest BCUT2D eigenvalue weighted by atomic mass is 10.1. The first-order chi connectivity index (χ1) is 15.9. The van der Waals surface area contributed by atoms with Gasteiger partial charge in [-0.1, -0.05) is 12.1 Å². The minimum Gasteiger partial charge on any atom is -0.493 e. The number of halogens is 3. The van der Waals surface area contributed by atoms with Crippen molar-refractivity contribution in [1.82, 2.24) is 15.0 Å². The molecule has 2 aliphatic rings. The van der Waals surface area contributed by atoms with Crippen molar-refractivity contribution >= 4 is 34.5 Å². The smallest absolute Gasteiger partial charge is 0.419 e. The number of nitrogens with one attached hydrogen (secondary N) is 1. The molecule has 0 spiro atoms. The van der Waals surface area contributed by atoms with E-state index in [1.165, 1.54) is 6.07 Å².